The summed E-state index contributed by atoms with van der Waals surface area (Å²) in [5.74, 6) is 0.213. The first kappa shape index (κ1) is 21.6. The van der Waals surface area contributed by atoms with Gasteiger partial charge in [-0.2, -0.15) is 5.10 Å². The van der Waals surface area contributed by atoms with Crippen LogP contribution in [0, 0.1) is 13.8 Å². The zero-order valence-electron chi connectivity index (χ0n) is 18.8. The molecule has 0 bridgehead atoms. The van der Waals surface area contributed by atoms with Crippen molar-refractivity contribution in [3.63, 3.8) is 0 Å². The summed E-state index contributed by atoms with van der Waals surface area (Å²) in [7, 11) is 3.17. The molecule has 0 aliphatic carbocycles. The van der Waals surface area contributed by atoms with Gasteiger partial charge in [-0.25, -0.2) is 4.68 Å². The van der Waals surface area contributed by atoms with Gasteiger partial charge in [0.1, 0.15) is 0 Å². The number of aryl methyl sites for hydroxylation is 1. The molecule has 0 saturated carbocycles. The molecule has 1 unspecified atom stereocenters. The van der Waals surface area contributed by atoms with Crippen LogP contribution >= 0.6 is 0 Å². The molecule has 1 amide bonds. The predicted molar refractivity (Wildman–Crippen MR) is 121 cm³/mol. The predicted octanol–water partition coefficient (Wildman–Crippen LogP) is 4.05. The maximum atomic E-state index is 13.3. The van der Waals surface area contributed by atoms with Gasteiger partial charge in [0, 0.05) is 6.54 Å². The minimum atomic E-state index is -0.519. The zero-order chi connectivity index (χ0) is 22.8. The van der Waals surface area contributed by atoms with Crippen molar-refractivity contribution in [2.24, 2.45) is 0 Å². The van der Waals surface area contributed by atoms with Gasteiger partial charge < -0.3 is 14.4 Å². The highest BCUT2D eigenvalue weighted by Crippen LogP contribution is 2.37. The van der Waals surface area contributed by atoms with E-state index in [0.717, 1.165) is 24.1 Å². The fourth-order valence-corrected chi connectivity index (χ4v) is 4.45. The van der Waals surface area contributed by atoms with Crippen molar-refractivity contribution in [2.45, 2.75) is 32.7 Å². The second kappa shape index (κ2) is 8.86. The van der Waals surface area contributed by atoms with E-state index in [2.05, 4.69) is 5.10 Å². The number of rotatable bonds is 6. The first-order chi connectivity index (χ1) is 15.5. The average Bonchev–Trinajstić information content (AvgIpc) is 3.42. The van der Waals surface area contributed by atoms with Crippen molar-refractivity contribution in [1.29, 1.82) is 0 Å². The fourth-order valence-electron chi connectivity index (χ4n) is 4.45. The van der Waals surface area contributed by atoms with Crippen LogP contribution in [0.5, 0.6) is 11.5 Å². The van der Waals surface area contributed by atoms with E-state index in [-0.39, 0.29) is 6.04 Å². The van der Waals surface area contributed by atoms with Crippen LogP contribution in [0.2, 0.25) is 0 Å². The number of para-hydroxylation sites is 1. The van der Waals surface area contributed by atoms with Gasteiger partial charge in [0.25, 0.3) is 11.7 Å². The molecule has 1 aliphatic rings. The number of Topliss-reactive ketones (excluding diaryl/α,β-unsaturated/α-hetero) is 1. The number of carbonyl (C=O) groups excluding carboxylic acids is 2. The van der Waals surface area contributed by atoms with Crippen LogP contribution in [0.3, 0.4) is 0 Å². The standard InChI is InChI=1S/C25H27N3O4/c1-16-23(17(2)28(26-16)19-9-6-5-7-10-19)24(29)25(30)27-14-8-11-20(27)18-12-13-21(31-3)22(15-18)32-4/h5-7,9-10,12-13,15,20H,8,11,14H2,1-4H3. The molecule has 32 heavy (non-hydrogen) atoms. The highest BCUT2D eigenvalue weighted by Gasteiger charge is 2.36. The Bertz CT molecular complexity index is 1150. The molecule has 2 heterocycles. The number of benzene rings is 2. The summed E-state index contributed by atoms with van der Waals surface area (Å²) >= 11 is 0. The minimum absolute atomic E-state index is 0.184. The third-order valence-corrected chi connectivity index (χ3v) is 6.02. The van der Waals surface area contributed by atoms with E-state index in [1.807, 2.05) is 55.5 Å². The molecule has 1 saturated heterocycles. The highest BCUT2D eigenvalue weighted by atomic mass is 16.5. The second-order valence-electron chi connectivity index (χ2n) is 7.89. The van der Waals surface area contributed by atoms with E-state index in [1.54, 1.807) is 30.7 Å². The van der Waals surface area contributed by atoms with Crippen LogP contribution in [0.4, 0.5) is 0 Å². The summed E-state index contributed by atoms with van der Waals surface area (Å²) in [5.41, 5.74) is 3.36. The lowest BCUT2D eigenvalue weighted by Gasteiger charge is -2.25. The van der Waals surface area contributed by atoms with E-state index in [4.69, 9.17) is 9.47 Å². The van der Waals surface area contributed by atoms with E-state index in [0.29, 0.717) is 35.0 Å². The summed E-state index contributed by atoms with van der Waals surface area (Å²) in [6, 6.07) is 15.0. The molecule has 7 nitrogen and oxygen atoms in total. The monoisotopic (exact) mass is 433 g/mol. The van der Waals surface area contributed by atoms with Crippen LogP contribution in [0.1, 0.15) is 46.2 Å². The van der Waals surface area contributed by atoms with Gasteiger partial charge in [0.05, 0.1) is 42.9 Å². The third kappa shape index (κ3) is 3.75. The SMILES string of the molecule is COc1ccc(C2CCCN2C(=O)C(=O)c2c(C)nn(-c3ccccc3)c2C)cc1OC. The van der Waals surface area contributed by atoms with Crippen LogP contribution < -0.4 is 9.47 Å². The molecule has 1 atom stereocenters. The second-order valence-corrected chi connectivity index (χ2v) is 7.89. The van der Waals surface area contributed by atoms with Gasteiger partial charge in [0.15, 0.2) is 11.5 Å². The van der Waals surface area contributed by atoms with E-state index in [1.165, 1.54) is 0 Å². The number of nitrogens with zero attached hydrogens (tertiary/aromatic N) is 3. The highest BCUT2D eigenvalue weighted by molar-refractivity contribution is 6.43. The van der Waals surface area contributed by atoms with Crippen molar-refractivity contribution < 1.29 is 19.1 Å². The smallest absolute Gasteiger partial charge is 0.295 e. The first-order valence-corrected chi connectivity index (χ1v) is 10.6. The molecule has 166 valence electrons. The van der Waals surface area contributed by atoms with E-state index in [9.17, 15) is 9.59 Å². The average molecular weight is 434 g/mol. The Morgan fingerprint density at radius 3 is 2.41 bits per heavy atom. The maximum Gasteiger partial charge on any atom is 0.295 e. The molecule has 0 N–H and O–H groups in total. The number of aromatic nitrogens is 2. The number of likely N-dealkylation sites (tertiary alicyclic amines) is 1. The van der Waals surface area contributed by atoms with Gasteiger partial charge in [-0.15, -0.1) is 0 Å². The Hall–Kier alpha value is -3.61. The molecule has 1 fully saturated rings. The van der Waals surface area contributed by atoms with Crippen molar-refractivity contribution in [1.82, 2.24) is 14.7 Å². The number of carbonyl (C=O) groups is 2. The topological polar surface area (TPSA) is 73.7 Å². The maximum absolute atomic E-state index is 13.3. The van der Waals surface area contributed by atoms with Crippen molar-refractivity contribution in [3.8, 4) is 17.2 Å². The molecule has 4 rings (SSSR count). The van der Waals surface area contributed by atoms with Crippen LogP contribution in [0.15, 0.2) is 48.5 Å². The van der Waals surface area contributed by atoms with Gasteiger partial charge in [-0.3, -0.25) is 9.59 Å². The lowest BCUT2D eigenvalue weighted by Crippen LogP contribution is -2.36. The summed E-state index contributed by atoms with van der Waals surface area (Å²) < 4.78 is 12.5. The van der Waals surface area contributed by atoms with Crippen LogP contribution in [0.25, 0.3) is 5.69 Å². The molecule has 1 aromatic heterocycles. The number of methoxy groups -OCH3 is 2. The quantitative estimate of drug-likeness (QED) is 0.433. The Labute approximate surface area is 187 Å². The fraction of sp³-hybridized carbons (Fsp3) is 0.320. The minimum Gasteiger partial charge on any atom is -0.493 e. The number of ketones is 1. The Morgan fingerprint density at radius 1 is 1.00 bits per heavy atom. The third-order valence-electron chi connectivity index (χ3n) is 6.02. The van der Waals surface area contributed by atoms with Gasteiger partial charge in [-0.05, 0) is 56.5 Å². The zero-order valence-corrected chi connectivity index (χ0v) is 18.8. The summed E-state index contributed by atoms with van der Waals surface area (Å²) in [4.78, 5) is 28.3. The molecular formula is C25H27N3O4. The molecule has 0 spiro atoms. The van der Waals surface area contributed by atoms with Gasteiger partial charge >= 0.3 is 0 Å². The van der Waals surface area contributed by atoms with Gasteiger partial charge in [0.2, 0.25) is 0 Å². The molecule has 3 aromatic rings. The van der Waals surface area contributed by atoms with Gasteiger partial charge in [-0.1, -0.05) is 24.3 Å². The largest absolute Gasteiger partial charge is 0.493 e. The molecule has 7 heteroatoms. The first-order valence-electron chi connectivity index (χ1n) is 10.6. The Kier molecular flexibility index (Phi) is 5.99. The number of ether oxygens (including phenoxy) is 2. The van der Waals surface area contributed by atoms with Crippen molar-refractivity contribution in [3.05, 3.63) is 71.0 Å². The molecular weight excluding hydrogens is 406 g/mol. The number of amides is 1. The number of hydrogen-bond donors (Lipinski definition) is 0. The van der Waals surface area contributed by atoms with Crippen molar-refractivity contribution in [2.75, 3.05) is 20.8 Å². The van der Waals surface area contributed by atoms with Crippen LogP contribution in [-0.2, 0) is 4.79 Å². The Morgan fingerprint density at radius 2 is 1.72 bits per heavy atom. The van der Waals surface area contributed by atoms with Crippen LogP contribution in [-0.4, -0.2) is 47.1 Å². The molecule has 1 aliphatic heterocycles. The number of hydrogen-bond acceptors (Lipinski definition) is 5. The Balaban J connectivity index is 1.63. The van der Waals surface area contributed by atoms with E-state index >= 15 is 0 Å². The molecule has 0 radical (unpaired) electrons. The lowest BCUT2D eigenvalue weighted by atomic mass is 10.0. The summed E-state index contributed by atoms with van der Waals surface area (Å²) in [5, 5.41) is 4.52. The van der Waals surface area contributed by atoms with Crippen molar-refractivity contribution >= 4 is 11.7 Å². The summed E-state index contributed by atoms with van der Waals surface area (Å²) in [6.07, 6.45) is 1.62. The normalized spacial score (nSPS) is 15.6. The lowest BCUT2D eigenvalue weighted by molar-refractivity contribution is -0.127. The molecule has 2 aromatic carbocycles. The summed E-state index contributed by atoms with van der Waals surface area (Å²) in [6.45, 7) is 4.13. The van der Waals surface area contributed by atoms with E-state index < -0.39 is 11.7 Å².